The van der Waals surface area contributed by atoms with E-state index in [1.165, 1.54) is 6.08 Å². The molecule has 0 aromatic heterocycles. The number of fused-ring (bicyclic) bond motifs is 3. The number of hydrogen-bond acceptors (Lipinski definition) is 3. The Bertz CT molecular complexity index is 643. The highest BCUT2D eigenvalue weighted by molar-refractivity contribution is 5.96. The Morgan fingerprint density at radius 3 is 2.10 bits per heavy atom. The maximum absolute atomic E-state index is 12.3. The van der Waals surface area contributed by atoms with Crippen LogP contribution in [0.25, 0.3) is 11.1 Å². The van der Waals surface area contributed by atoms with Gasteiger partial charge in [-0.1, -0.05) is 61.2 Å². The van der Waals surface area contributed by atoms with E-state index in [0.29, 0.717) is 11.1 Å². The van der Waals surface area contributed by atoms with Gasteiger partial charge in [-0.15, -0.1) is 0 Å². The fraction of sp³-hybridized carbons (Fsp3) is 0.118. The van der Waals surface area contributed by atoms with Crippen molar-refractivity contribution < 1.29 is 14.6 Å². The molecule has 3 nitrogen and oxygen atoms in total. The van der Waals surface area contributed by atoms with Crippen LogP contribution in [0, 0.1) is 0 Å². The smallest absolute Gasteiger partial charge is 0.348 e. The predicted molar refractivity (Wildman–Crippen MR) is 76.0 cm³/mol. The average Bonchev–Trinajstić information content (AvgIpc) is 2.77. The Morgan fingerprint density at radius 2 is 1.60 bits per heavy atom. The van der Waals surface area contributed by atoms with E-state index in [4.69, 9.17) is 4.74 Å². The third-order valence-corrected chi connectivity index (χ3v) is 3.55. The molecule has 2 aromatic rings. The van der Waals surface area contributed by atoms with E-state index >= 15 is 0 Å². The first-order valence-corrected chi connectivity index (χ1v) is 6.39. The van der Waals surface area contributed by atoms with Gasteiger partial charge in [-0.25, -0.2) is 4.79 Å². The minimum absolute atomic E-state index is 0.0749. The fourth-order valence-electron chi connectivity index (χ4n) is 2.67. The minimum Gasteiger partial charge on any atom is -0.459 e. The van der Waals surface area contributed by atoms with Crippen molar-refractivity contribution in [3.05, 3.63) is 72.3 Å². The van der Waals surface area contributed by atoms with Gasteiger partial charge in [0.15, 0.2) is 0 Å². The normalized spacial score (nSPS) is 14.2. The zero-order valence-corrected chi connectivity index (χ0v) is 10.9. The number of esters is 1. The summed E-state index contributed by atoms with van der Waals surface area (Å²) in [5.41, 5.74) is 1.11. The van der Waals surface area contributed by atoms with Gasteiger partial charge in [0.25, 0.3) is 0 Å². The van der Waals surface area contributed by atoms with Crippen molar-refractivity contribution in [3.63, 3.8) is 0 Å². The van der Waals surface area contributed by atoms with E-state index < -0.39 is 11.6 Å². The first-order chi connectivity index (χ1) is 9.69. The number of carbonyl (C=O) groups excluding carboxylic acids is 1. The summed E-state index contributed by atoms with van der Waals surface area (Å²) in [4.78, 5) is 12.3. The summed E-state index contributed by atoms with van der Waals surface area (Å²) in [6.45, 7) is 3.59. The van der Waals surface area contributed by atoms with Crippen LogP contribution in [0.3, 0.4) is 0 Å². The van der Waals surface area contributed by atoms with Gasteiger partial charge in [-0.05, 0) is 11.1 Å². The molecule has 0 fully saturated rings. The van der Waals surface area contributed by atoms with Gasteiger partial charge in [0.1, 0.15) is 6.61 Å². The third-order valence-electron chi connectivity index (χ3n) is 3.55. The Kier molecular flexibility index (Phi) is 2.92. The number of hydrogen-bond donors (Lipinski definition) is 1. The molecule has 0 bridgehead atoms. The van der Waals surface area contributed by atoms with Crippen molar-refractivity contribution in [2.75, 3.05) is 6.61 Å². The van der Waals surface area contributed by atoms with E-state index in [0.717, 1.165) is 11.1 Å². The van der Waals surface area contributed by atoms with Crippen LogP contribution < -0.4 is 0 Å². The quantitative estimate of drug-likeness (QED) is 0.686. The zero-order chi connectivity index (χ0) is 14.2. The lowest BCUT2D eigenvalue weighted by molar-refractivity contribution is -0.160. The van der Waals surface area contributed by atoms with E-state index in [1.807, 2.05) is 24.3 Å². The van der Waals surface area contributed by atoms with Crippen LogP contribution in [-0.4, -0.2) is 17.7 Å². The third kappa shape index (κ3) is 1.60. The summed E-state index contributed by atoms with van der Waals surface area (Å²) >= 11 is 0. The number of rotatable bonds is 3. The Hall–Kier alpha value is -2.39. The summed E-state index contributed by atoms with van der Waals surface area (Å²) in [7, 11) is 0. The summed E-state index contributed by atoms with van der Waals surface area (Å²) in [6.07, 6.45) is 1.48. The lowest BCUT2D eigenvalue weighted by atomic mass is 9.91. The maximum atomic E-state index is 12.3. The maximum Gasteiger partial charge on any atom is 0.348 e. The van der Waals surface area contributed by atoms with Crippen molar-refractivity contribution in [2.45, 2.75) is 5.60 Å². The molecule has 0 atom stereocenters. The topological polar surface area (TPSA) is 46.5 Å². The molecule has 1 N–H and O–H groups in total. The van der Waals surface area contributed by atoms with Crippen LogP contribution in [-0.2, 0) is 15.1 Å². The molecule has 1 aliphatic carbocycles. The van der Waals surface area contributed by atoms with Gasteiger partial charge in [-0.3, -0.25) is 0 Å². The SMILES string of the molecule is C=CCOC(=O)C1(O)c2ccccc2-c2ccccc21. The molecule has 1 aliphatic rings. The van der Waals surface area contributed by atoms with Crippen LogP contribution in [0.1, 0.15) is 11.1 Å². The molecule has 0 radical (unpaired) electrons. The van der Waals surface area contributed by atoms with Crippen molar-refractivity contribution >= 4 is 5.97 Å². The van der Waals surface area contributed by atoms with Crippen molar-refractivity contribution in [1.82, 2.24) is 0 Å². The van der Waals surface area contributed by atoms with Crippen molar-refractivity contribution in [2.24, 2.45) is 0 Å². The van der Waals surface area contributed by atoms with Gasteiger partial charge in [-0.2, -0.15) is 0 Å². The molecular weight excluding hydrogens is 252 g/mol. The van der Waals surface area contributed by atoms with Gasteiger partial charge in [0.05, 0.1) is 0 Å². The highest BCUT2D eigenvalue weighted by Gasteiger charge is 2.48. The molecular formula is C17H14O3. The molecule has 0 saturated carbocycles. The fourth-order valence-corrected chi connectivity index (χ4v) is 2.67. The molecule has 3 rings (SSSR count). The van der Waals surface area contributed by atoms with Gasteiger partial charge in [0.2, 0.25) is 5.60 Å². The standard InChI is InChI=1S/C17H14O3/c1-2-11-20-16(18)17(19)14-9-5-3-7-12(14)13-8-4-6-10-15(13)17/h2-10,19H,1,11H2. The molecule has 2 aromatic carbocycles. The van der Waals surface area contributed by atoms with Crippen LogP contribution in [0.5, 0.6) is 0 Å². The molecule has 0 aliphatic heterocycles. The van der Waals surface area contributed by atoms with Gasteiger partial charge >= 0.3 is 5.97 Å². The molecule has 0 amide bonds. The second kappa shape index (κ2) is 4.62. The van der Waals surface area contributed by atoms with E-state index in [9.17, 15) is 9.90 Å². The Labute approximate surface area is 117 Å². The van der Waals surface area contributed by atoms with Crippen LogP contribution >= 0.6 is 0 Å². The second-order valence-electron chi connectivity index (χ2n) is 4.69. The largest absolute Gasteiger partial charge is 0.459 e. The zero-order valence-electron chi connectivity index (χ0n) is 10.9. The van der Waals surface area contributed by atoms with E-state index in [2.05, 4.69) is 6.58 Å². The summed E-state index contributed by atoms with van der Waals surface area (Å²) in [5.74, 6) is -0.671. The molecule has 0 unspecified atom stereocenters. The first kappa shape index (κ1) is 12.6. The molecule has 0 heterocycles. The Balaban J connectivity index is 2.20. The van der Waals surface area contributed by atoms with E-state index in [1.54, 1.807) is 24.3 Å². The molecule has 0 spiro atoms. The molecule has 0 saturated heterocycles. The second-order valence-corrected chi connectivity index (χ2v) is 4.69. The Morgan fingerprint density at radius 1 is 1.10 bits per heavy atom. The van der Waals surface area contributed by atoms with E-state index in [-0.39, 0.29) is 6.61 Å². The van der Waals surface area contributed by atoms with Crippen molar-refractivity contribution in [1.29, 1.82) is 0 Å². The highest BCUT2D eigenvalue weighted by atomic mass is 16.5. The molecule has 100 valence electrons. The van der Waals surface area contributed by atoms with Crippen molar-refractivity contribution in [3.8, 4) is 11.1 Å². The summed E-state index contributed by atoms with van der Waals surface area (Å²) in [6, 6.07) is 14.7. The average molecular weight is 266 g/mol. The monoisotopic (exact) mass is 266 g/mol. The van der Waals surface area contributed by atoms with Gasteiger partial charge in [0, 0.05) is 11.1 Å². The van der Waals surface area contributed by atoms with Crippen LogP contribution in [0.4, 0.5) is 0 Å². The molecule has 20 heavy (non-hydrogen) atoms. The first-order valence-electron chi connectivity index (χ1n) is 6.39. The van der Waals surface area contributed by atoms with Gasteiger partial charge < -0.3 is 9.84 Å². The predicted octanol–water partition coefficient (Wildman–Crippen LogP) is 2.63. The number of benzene rings is 2. The number of aliphatic hydroxyl groups is 1. The lowest BCUT2D eigenvalue weighted by Crippen LogP contribution is -2.36. The highest BCUT2D eigenvalue weighted by Crippen LogP contribution is 2.47. The van der Waals surface area contributed by atoms with Crippen LogP contribution in [0.2, 0.25) is 0 Å². The lowest BCUT2D eigenvalue weighted by Gasteiger charge is -2.23. The number of carbonyl (C=O) groups is 1. The summed E-state index contributed by atoms with van der Waals surface area (Å²) < 4.78 is 5.08. The van der Waals surface area contributed by atoms with Crippen LogP contribution in [0.15, 0.2) is 61.2 Å². The number of ether oxygens (including phenoxy) is 1. The minimum atomic E-state index is -1.74. The summed E-state index contributed by atoms with van der Waals surface area (Å²) in [5, 5.41) is 11.0. The molecule has 3 heteroatoms.